The first-order chi connectivity index (χ1) is 14.4. The predicted octanol–water partition coefficient (Wildman–Crippen LogP) is 4.67. The van der Waals surface area contributed by atoms with Crippen LogP contribution in [0.4, 0.5) is 10.1 Å². The summed E-state index contributed by atoms with van der Waals surface area (Å²) < 4.78 is 41.7. The smallest absolute Gasteiger partial charge is 0.262 e. The van der Waals surface area contributed by atoms with Gasteiger partial charge in [0.1, 0.15) is 5.82 Å². The maximum atomic E-state index is 13.9. The van der Waals surface area contributed by atoms with Gasteiger partial charge >= 0.3 is 0 Å². The van der Waals surface area contributed by atoms with E-state index < -0.39 is 15.8 Å². The van der Waals surface area contributed by atoms with Crippen LogP contribution in [0.2, 0.25) is 0 Å². The molecule has 1 aliphatic heterocycles. The van der Waals surface area contributed by atoms with E-state index in [1.807, 2.05) is 4.90 Å². The van der Waals surface area contributed by atoms with Crippen molar-refractivity contribution < 1.29 is 17.6 Å². The fourth-order valence-electron chi connectivity index (χ4n) is 4.88. The van der Waals surface area contributed by atoms with Crippen molar-refractivity contribution in [3.05, 3.63) is 59.9 Å². The standard InChI is InChI=1S/C23H27FN2O3S/c1-16-13-14-26(22-12-5-2-9-19(16)22)23(27)17-7-6-8-18(15-17)30(28,29)25-21-11-4-3-10-20(21)24/h3-4,6-8,10-11,15-16,19,22,25H,2,5,9,12-14H2,1H3. The summed E-state index contributed by atoms with van der Waals surface area (Å²) in [4.78, 5) is 15.2. The molecular weight excluding hydrogens is 403 g/mol. The van der Waals surface area contributed by atoms with Crippen molar-refractivity contribution >= 4 is 21.6 Å². The van der Waals surface area contributed by atoms with Gasteiger partial charge in [0, 0.05) is 18.2 Å². The molecule has 0 bridgehead atoms. The summed E-state index contributed by atoms with van der Waals surface area (Å²) in [6, 6.07) is 11.8. The van der Waals surface area contributed by atoms with Crippen LogP contribution in [0.25, 0.3) is 0 Å². The summed E-state index contributed by atoms with van der Waals surface area (Å²) in [5.74, 6) is 0.350. The molecule has 3 atom stereocenters. The van der Waals surface area contributed by atoms with Gasteiger partial charge < -0.3 is 4.90 Å². The number of hydrogen-bond acceptors (Lipinski definition) is 3. The van der Waals surface area contributed by atoms with Crippen molar-refractivity contribution in [1.29, 1.82) is 0 Å². The highest BCUT2D eigenvalue weighted by Gasteiger charge is 2.39. The number of carbonyl (C=O) groups excluding carboxylic acids is 1. The predicted molar refractivity (Wildman–Crippen MR) is 114 cm³/mol. The number of nitrogens with zero attached hydrogens (tertiary/aromatic N) is 1. The van der Waals surface area contributed by atoms with E-state index in [0.29, 0.717) is 23.9 Å². The topological polar surface area (TPSA) is 66.5 Å². The van der Waals surface area contributed by atoms with Crippen molar-refractivity contribution in [2.24, 2.45) is 11.8 Å². The first kappa shape index (κ1) is 20.8. The van der Waals surface area contributed by atoms with Gasteiger partial charge in [0.25, 0.3) is 15.9 Å². The molecule has 30 heavy (non-hydrogen) atoms. The fraction of sp³-hybridized carbons (Fsp3) is 0.435. The lowest BCUT2D eigenvalue weighted by Crippen LogP contribution is -2.52. The number of nitrogens with one attached hydrogen (secondary N) is 1. The third-order valence-electron chi connectivity index (χ3n) is 6.51. The second kappa shape index (κ2) is 8.38. The van der Waals surface area contributed by atoms with E-state index >= 15 is 0 Å². The Morgan fingerprint density at radius 1 is 1.07 bits per heavy atom. The molecule has 5 nitrogen and oxygen atoms in total. The quantitative estimate of drug-likeness (QED) is 0.767. The van der Waals surface area contributed by atoms with Gasteiger partial charge in [-0.3, -0.25) is 9.52 Å². The molecule has 160 valence electrons. The number of halogens is 1. The molecule has 1 heterocycles. The minimum Gasteiger partial charge on any atom is -0.335 e. The summed E-state index contributed by atoms with van der Waals surface area (Å²) in [5, 5.41) is 0. The van der Waals surface area contributed by atoms with Gasteiger partial charge in [0.2, 0.25) is 0 Å². The zero-order chi connectivity index (χ0) is 21.3. The molecule has 2 aliphatic rings. The summed E-state index contributed by atoms with van der Waals surface area (Å²) in [6.07, 6.45) is 5.46. The van der Waals surface area contributed by atoms with E-state index in [9.17, 15) is 17.6 Å². The van der Waals surface area contributed by atoms with E-state index in [0.717, 1.165) is 25.7 Å². The second-order valence-corrected chi connectivity index (χ2v) is 10.1. The van der Waals surface area contributed by atoms with Crippen molar-refractivity contribution in [1.82, 2.24) is 4.90 Å². The summed E-state index contributed by atoms with van der Waals surface area (Å²) in [5.41, 5.74) is 0.231. The number of sulfonamides is 1. The van der Waals surface area contributed by atoms with Gasteiger partial charge in [0.05, 0.1) is 10.6 Å². The number of anilines is 1. The lowest BCUT2D eigenvalue weighted by atomic mass is 9.72. The van der Waals surface area contributed by atoms with E-state index in [-0.39, 0.29) is 22.5 Å². The maximum absolute atomic E-state index is 13.9. The van der Waals surface area contributed by atoms with Crippen LogP contribution >= 0.6 is 0 Å². The highest BCUT2D eigenvalue weighted by Crippen LogP contribution is 2.39. The highest BCUT2D eigenvalue weighted by molar-refractivity contribution is 7.92. The maximum Gasteiger partial charge on any atom is 0.262 e. The van der Waals surface area contributed by atoms with Gasteiger partial charge in [-0.2, -0.15) is 0 Å². The van der Waals surface area contributed by atoms with Gasteiger partial charge in [-0.1, -0.05) is 38.0 Å². The number of likely N-dealkylation sites (tertiary alicyclic amines) is 1. The number of para-hydroxylation sites is 1. The van der Waals surface area contributed by atoms with Crippen LogP contribution in [0.5, 0.6) is 0 Å². The zero-order valence-corrected chi connectivity index (χ0v) is 17.9. The molecule has 1 N–H and O–H groups in total. The Kier molecular flexibility index (Phi) is 5.82. The minimum absolute atomic E-state index is 0.0535. The summed E-state index contributed by atoms with van der Waals surface area (Å²) in [6.45, 7) is 2.97. The van der Waals surface area contributed by atoms with E-state index in [2.05, 4.69) is 11.6 Å². The highest BCUT2D eigenvalue weighted by atomic mass is 32.2. The third-order valence-corrected chi connectivity index (χ3v) is 7.87. The number of piperidine rings is 1. The molecule has 0 radical (unpaired) electrons. The van der Waals surface area contributed by atoms with E-state index in [4.69, 9.17) is 0 Å². The molecular formula is C23H27FN2O3S. The first-order valence-corrected chi connectivity index (χ1v) is 12.0. The van der Waals surface area contributed by atoms with Crippen molar-refractivity contribution in [3.63, 3.8) is 0 Å². The monoisotopic (exact) mass is 430 g/mol. The van der Waals surface area contributed by atoms with Crippen LogP contribution < -0.4 is 4.72 Å². The molecule has 0 spiro atoms. The first-order valence-electron chi connectivity index (χ1n) is 10.6. The molecule has 1 saturated heterocycles. The number of fused-ring (bicyclic) bond motifs is 1. The van der Waals surface area contributed by atoms with Crippen molar-refractivity contribution in [2.75, 3.05) is 11.3 Å². The molecule has 4 rings (SSSR count). The Morgan fingerprint density at radius 2 is 1.83 bits per heavy atom. The average molecular weight is 431 g/mol. The molecule has 2 aromatic rings. The van der Waals surface area contributed by atoms with Gasteiger partial charge in [-0.25, -0.2) is 12.8 Å². The molecule has 1 amide bonds. The van der Waals surface area contributed by atoms with E-state index in [1.165, 1.54) is 36.8 Å². The minimum atomic E-state index is -4.02. The lowest BCUT2D eigenvalue weighted by Gasteiger charge is -2.47. The molecule has 0 aromatic heterocycles. The van der Waals surface area contributed by atoms with E-state index in [1.54, 1.807) is 18.2 Å². The van der Waals surface area contributed by atoms with Crippen LogP contribution in [-0.4, -0.2) is 31.8 Å². The molecule has 1 aliphatic carbocycles. The largest absolute Gasteiger partial charge is 0.335 e. The van der Waals surface area contributed by atoms with Crippen LogP contribution in [-0.2, 0) is 10.0 Å². The fourth-order valence-corrected chi connectivity index (χ4v) is 5.99. The summed E-state index contributed by atoms with van der Waals surface area (Å²) in [7, 11) is -4.02. The zero-order valence-electron chi connectivity index (χ0n) is 17.1. The molecule has 2 aromatic carbocycles. The Bertz CT molecular complexity index is 1040. The van der Waals surface area contributed by atoms with Crippen LogP contribution in [0.3, 0.4) is 0 Å². The number of carbonyl (C=O) groups is 1. The Morgan fingerprint density at radius 3 is 2.63 bits per heavy atom. The van der Waals surface area contributed by atoms with Crippen molar-refractivity contribution in [3.8, 4) is 0 Å². The molecule has 1 saturated carbocycles. The summed E-state index contributed by atoms with van der Waals surface area (Å²) >= 11 is 0. The Balaban J connectivity index is 1.58. The normalized spacial score (nSPS) is 24.2. The number of rotatable bonds is 4. The Labute approximate surface area is 177 Å². The molecule has 7 heteroatoms. The van der Waals surface area contributed by atoms with Crippen LogP contribution in [0.15, 0.2) is 53.4 Å². The van der Waals surface area contributed by atoms with Crippen LogP contribution in [0.1, 0.15) is 49.4 Å². The second-order valence-electron chi connectivity index (χ2n) is 8.39. The van der Waals surface area contributed by atoms with Gasteiger partial charge in [0.15, 0.2) is 0 Å². The Hall–Kier alpha value is -2.41. The average Bonchev–Trinajstić information content (AvgIpc) is 2.75. The SMILES string of the molecule is CC1CCN(C(=O)c2cccc(S(=O)(=O)Nc3ccccc3F)c2)C2CCCCC12. The lowest BCUT2D eigenvalue weighted by molar-refractivity contribution is 0.0217. The number of amides is 1. The molecule has 2 fully saturated rings. The van der Waals surface area contributed by atoms with Gasteiger partial charge in [-0.05, 0) is 61.4 Å². The molecule has 3 unspecified atom stereocenters. The van der Waals surface area contributed by atoms with Crippen molar-refractivity contribution in [2.45, 2.75) is 50.0 Å². The number of benzene rings is 2. The third kappa shape index (κ3) is 4.08. The van der Waals surface area contributed by atoms with Gasteiger partial charge in [-0.15, -0.1) is 0 Å². The number of hydrogen-bond donors (Lipinski definition) is 1. The van der Waals surface area contributed by atoms with Crippen LogP contribution in [0, 0.1) is 17.7 Å².